The van der Waals surface area contributed by atoms with Crippen LogP contribution in [0.4, 0.5) is 5.69 Å². The molecule has 2 atom stereocenters. The van der Waals surface area contributed by atoms with E-state index in [0.717, 1.165) is 19.3 Å². The molecule has 1 aromatic heterocycles. The summed E-state index contributed by atoms with van der Waals surface area (Å²) in [7, 11) is 0. The van der Waals surface area contributed by atoms with Gasteiger partial charge in [-0.3, -0.25) is 14.8 Å². The Hall–Kier alpha value is -1.65. The quantitative estimate of drug-likeness (QED) is 0.449. The van der Waals surface area contributed by atoms with E-state index >= 15 is 0 Å². The molecule has 92 valence electrons. The Balaban J connectivity index is 2.15. The van der Waals surface area contributed by atoms with Crippen molar-refractivity contribution < 1.29 is 4.92 Å². The zero-order valence-corrected chi connectivity index (χ0v) is 9.95. The summed E-state index contributed by atoms with van der Waals surface area (Å²) in [5, 5.41) is 14.7. The molecular formula is C12H17N3O2. The Labute approximate surface area is 100 Å². The summed E-state index contributed by atoms with van der Waals surface area (Å²) in [6.45, 7) is 2.23. The third-order valence-corrected chi connectivity index (χ3v) is 3.25. The van der Waals surface area contributed by atoms with Crippen molar-refractivity contribution in [1.29, 1.82) is 0 Å². The van der Waals surface area contributed by atoms with E-state index < -0.39 is 4.92 Å². The van der Waals surface area contributed by atoms with Crippen molar-refractivity contribution in [2.75, 3.05) is 0 Å². The van der Waals surface area contributed by atoms with Gasteiger partial charge in [0, 0.05) is 0 Å². The van der Waals surface area contributed by atoms with Gasteiger partial charge in [0.25, 0.3) is 0 Å². The smallest absolute Gasteiger partial charge is 0.262 e. The lowest BCUT2D eigenvalue weighted by atomic mass is 9.93. The van der Waals surface area contributed by atoms with E-state index in [4.69, 9.17) is 0 Å². The maximum Gasteiger partial charge on any atom is 0.307 e. The zero-order valence-electron chi connectivity index (χ0n) is 9.95. The standard InChI is InChI=1S/C12H17N3O2/c1-10-5-3-2-4-6-11(7-10)14-9-12(8-13-14)15(16)17/h2,4,8-11H,3,5-7H2,1H3/b4-2-. The summed E-state index contributed by atoms with van der Waals surface area (Å²) < 4.78 is 1.74. The van der Waals surface area contributed by atoms with Crippen molar-refractivity contribution >= 4 is 5.69 Å². The van der Waals surface area contributed by atoms with Crippen LogP contribution in [0.2, 0.25) is 0 Å². The second-order valence-corrected chi connectivity index (χ2v) is 4.71. The van der Waals surface area contributed by atoms with E-state index in [-0.39, 0.29) is 11.7 Å². The fourth-order valence-electron chi connectivity index (χ4n) is 2.27. The number of rotatable bonds is 2. The van der Waals surface area contributed by atoms with Gasteiger partial charge in [0.15, 0.2) is 0 Å². The van der Waals surface area contributed by atoms with Gasteiger partial charge in [-0.2, -0.15) is 5.10 Å². The minimum absolute atomic E-state index is 0.0729. The summed E-state index contributed by atoms with van der Waals surface area (Å²) in [4.78, 5) is 10.2. The molecule has 0 aromatic carbocycles. The van der Waals surface area contributed by atoms with Crippen LogP contribution in [0.25, 0.3) is 0 Å². The summed E-state index contributed by atoms with van der Waals surface area (Å²) in [5.74, 6) is 0.633. The topological polar surface area (TPSA) is 61.0 Å². The first-order valence-corrected chi connectivity index (χ1v) is 6.00. The van der Waals surface area contributed by atoms with Crippen LogP contribution in [0.1, 0.15) is 38.6 Å². The molecule has 0 fully saturated rings. The molecule has 0 saturated carbocycles. The zero-order chi connectivity index (χ0) is 12.3. The molecule has 0 radical (unpaired) electrons. The predicted molar refractivity (Wildman–Crippen MR) is 64.7 cm³/mol. The Kier molecular flexibility index (Phi) is 3.56. The molecule has 1 aromatic rings. The first kappa shape index (κ1) is 11.8. The molecule has 1 aliphatic carbocycles. The molecule has 0 N–H and O–H groups in total. The normalized spacial score (nSPS) is 27.1. The molecule has 0 bridgehead atoms. The van der Waals surface area contributed by atoms with Crippen molar-refractivity contribution in [2.45, 2.75) is 38.6 Å². The van der Waals surface area contributed by atoms with Crippen LogP contribution in [0.15, 0.2) is 24.5 Å². The molecule has 0 aliphatic heterocycles. The van der Waals surface area contributed by atoms with Gasteiger partial charge >= 0.3 is 5.69 Å². The minimum Gasteiger partial charge on any atom is -0.262 e. The van der Waals surface area contributed by atoms with Gasteiger partial charge in [-0.15, -0.1) is 0 Å². The van der Waals surface area contributed by atoms with Crippen molar-refractivity contribution in [3.8, 4) is 0 Å². The molecule has 2 unspecified atom stereocenters. The van der Waals surface area contributed by atoms with Gasteiger partial charge in [0.1, 0.15) is 12.4 Å². The van der Waals surface area contributed by atoms with Gasteiger partial charge < -0.3 is 0 Å². The predicted octanol–water partition coefficient (Wildman–Crippen LogP) is 3.10. The molecule has 1 heterocycles. The van der Waals surface area contributed by atoms with E-state index in [1.165, 1.54) is 18.8 Å². The van der Waals surface area contributed by atoms with E-state index in [1.807, 2.05) is 0 Å². The number of nitro groups is 1. The van der Waals surface area contributed by atoms with Crippen molar-refractivity contribution in [1.82, 2.24) is 9.78 Å². The van der Waals surface area contributed by atoms with Gasteiger partial charge in [0.05, 0.1) is 11.0 Å². The summed E-state index contributed by atoms with van der Waals surface area (Å²) in [6.07, 6.45) is 11.5. The number of hydrogen-bond donors (Lipinski definition) is 0. The average molecular weight is 235 g/mol. The van der Waals surface area contributed by atoms with Crippen LogP contribution in [0.5, 0.6) is 0 Å². The summed E-state index contributed by atoms with van der Waals surface area (Å²) in [5.41, 5.74) is 0.0729. The largest absolute Gasteiger partial charge is 0.307 e. The van der Waals surface area contributed by atoms with Crippen molar-refractivity contribution in [3.63, 3.8) is 0 Å². The molecule has 5 nitrogen and oxygen atoms in total. The van der Waals surface area contributed by atoms with Crippen molar-refractivity contribution in [3.05, 3.63) is 34.7 Å². The van der Waals surface area contributed by atoms with Crippen LogP contribution < -0.4 is 0 Å². The SMILES string of the molecule is CC1CC/C=C\CC(n2cc([N+](=O)[O-])cn2)C1. The molecular weight excluding hydrogens is 218 g/mol. The first-order chi connectivity index (χ1) is 8.16. The van der Waals surface area contributed by atoms with Gasteiger partial charge in [-0.25, -0.2) is 0 Å². The number of aromatic nitrogens is 2. The summed E-state index contributed by atoms with van der Waals surface area (Å²) >= 11 is 0. The van der Waals surface area contributed by atoms with E-state index in [9.17, 15) is 10.1 Å². The maximum atomic E-state index is 10.6. The van der Waals surface area contributed by atoms with Gasteiger partial charge in [-0.1, -0.05) is 19.1 Å². The van der Waals surface area contributed by atoms with Crippen LogP contribution in [0, 0.1) is 16.0 Å². The van der Waals surface area contributed by atoms with E-state index in [0.29, 0.717) is 5.92 Å². The molecule has 2 rings (SSSR count). The van der Waals surface area contributed by atoms with Crippen LogP contribution in [-0.2, 0) is 0 Å². The Morgan fingerprint density at radius 2 is 2.35 bits per heavy atom. The third-order valence-electron chi connectivity index (χ3n) is 3.25. The number of hydrogen-bond acceptors (Lipinski definition) is 3. The lowest BCUT2D eigenvalue weighted by molar-refractivity contribution is -0.385. The summed E-state index contributed by atoms with van der Waals surface area (Å²) in [6, 6.07) is 0.246. The Morgan fingerprint density at radius 1 is 1.53 bits per heavy atom. The Bertz CT molecular complexity index is 425. The second-order valence-electron chi connectivity index (χ2n) is 4.71. The highest BCUT2D eigenvalue weighted by Gasteiger charge is 2.18. The number of allylic oxidation sites excluding steroid dienone is 2. The highest BCUT2D eigenvalue weighted by atomic mass is 16.6. The lowest BCUT2D eigenvalue weighted by Gasteiger charge is -2.21. The second kappa shape index (κ2) is 5.12. The van der Waals surface area contributed by atoms with Gasteiger partial charge in [0.2, 0.25) is 0 Å². The molecule has 0 spiro atoms. The van der Waals surface area contributed by atoms with Crippen LogP contribution >= 0.6 is 0 Å². The van der Waals surface area contributed by atoms with Crippen LogP contribution in [0.3, 0.4) is 0 Å². The first-order valence-electron chi connectivity index (χ1n) is 6.00. The van der Waals surface area contributed by atoms with Crippen molar-refractivity contribution in [2.24, 2.45) is 5.92 Å². The third kappa shape index (κ3) is 2.93. The van der Waals surface area contributed by atoms with E-state index in [2.05, 4.69) is 24.2 Å². The fraction of sp³-hybridized carbons (Fsp3) is 0.583. The highest BCUT2D eigenvalue weighted by molar-refractivity contribution is 5.21. The van der Waals surface area contributed by atoms with E-state index in [1.54, 1.807) is 4.68 Å². The van der Waals surface area contributed by atoms with Crippen LogP contribution in [-0.4, -0.2) is 14.7 Å². The average Bonchev–Trinajstić information content (AvgIpc) is 2.72. The fourth-order valence-corrected chi connectivity index (χ4v) is 2.27. The molecule has 0 amide bonds. The maximum absolute atomic E-state index is 10.6. The molecule has 17 heavy (non-hydrogen) atoms. The molecule has 1 aliphatic rings. The minimum atomic E-state index is -0.397. The monoisotopic (exact) mass is 235 g/mol. The molecule has 5 heteroatoms. The highest BCUT2D eigenvalue weighted by Crippen LogP contribution is 2.27. The van der Waals surface area contributed by atoms with Gasteiger partial charge in [-0.05, 0) is 31.6 Å². The number of nitrogens with zero attached hydrogens (tertiary/aromatic N) is 3. The Morgan fingerprint density at radius 3 is 3.06 bits per heavy atom. The molecule has 0 saturated heterocycles. The lowest BCUT2D eigenvalue weighted by Crippen LogP contribution is -2.14.